The molecule has 19 nitrogen and oxygen atoms in total. The number of nitrogens with zero attached hydrogens (tertiary/aromatic N) is 1. The van der Waals surface area contributed by atoms with Crippen LogP contribution in [0.1, 0.15) is 135 Å². The summed E-state index contributed by atoms with van der Waals surface area (Å²) < 4.78 is 0. The standard InChI is InChI=1S/C45H81N9O10/c1-22(2)18-30(48-42(60)35(26(9)10)52-38(56)29(14)47-37(55)28(13)46)39(57)50-32(20-24(5)6)44(62)54-17-15-16-34(54)41(59)53-36(27(11)12)43(61)49-31(19-23(3)4)40(58)51-33(45(63)64)21-25(7)8/h22-36H,15-21,46H2,1-14H3,(H,47,55)(H,48,60)(H,49,61)(H,50,57)(H,51,58)(H,52,56)(H,53,59)(H,63,64). The third-order valence-electron chi connectivity index (χ3n) is 10.8. The molecule has 0 radical (unpaired) electrons. The molecule has 0 aromatic carbocycles. The molecule has 0 spiro atoms. The first-order chi connectivity index (χ1) is 29.6. The second-order valence-corrected chi connectivity index (χ2v) is 19.8. The Labute approximate surface area is 380 Å². The highest BCUT2D eigenvalue weighted by atomic mass is 16.4. The van der Waals surface area contributed by atoms with Crippen molar-refractivity contribution in [1.29, 1.82) is 0 Å². The Bertz CT molecular complexity index is 1620. The first-order valence-electron chi connectivity index (χ1n) is 23.0. The SMILES string of the molecule is CC(C)CC(NC(=O)C(CC(C)C)NC(=O)C(NC(=O)C1CCCN1C(=O)C(CC(C)C)NC(=O)C(CC(C)C)NC(=O)C(NC(=O)C(C)NC(=O)C(C)N)C(C)C)C(C)C)C(=O)O. The van der Waals surface area contributed by atoms with Crippen molar-refractivity contribution in [2.75, 3.05) is 6.54 Å². The quantitative estimate of drug-likeness (QED) is 0.0597. The van der Waals surface area contributed by atoms with Gasteiger partial charge < -0.3 is 53.0 Å². The number of nitrogens with two attached hydrogens (primary N) is 1. The molecule has 0 aromatic heterocycles. The van der Waals surface area contributed by atoms with Crippen LogP contribution in [0, 0.1) is 35.5 Å². The minimum atomic E-state index is -1.19. The molecule has 0 aromatic rings. The average molecular weight is 908 g/mol. The highest BCUT2D eigenvalue weighted by Gasteiger charge is 2.41. The van der Waals surface area contributed by atoms with Crippen LogP contribution in [0.3, 0.4) is 0 Å². The molecule has 9 atom stereocenters. The summed E-state index contributed by atoms with van der Waals surface area (Å²) in [6.45, 7) is 24.9. The highest BCUT2D eigenvalue weighted by Crippen LogP contribution is 2.22. The summed E-state index contributed by atoms with van der Waals surface area (Å²) in [5, 5.41) is 28.6. The summed E-state index contributed by atoms with van der Waals surface area (Å²) in [4.78, 5) is 122. The zero-order valence-electron chi connectivity index (χ0n) is 40.8. The number of hydrogen-bond donors (Lipinski definition) is 9. The predicted octanol–water partition coefficient (Wildman–Crippen LogP) is 1.32. The Morgan fingerprint density at radius 1 is 0.500 bits per heavy atom. The van der Waals surface area contributed by atoms with Gasteiger partial charge in [-0.2, -0.15) is 0 Å². The van der Waals surface area contributed by atoms with E-state index in [1.165, 1.54) is 18.7 Å². The lowest BCUT2D eigenvalue weighted by molar-refractivity contribution is -0.143. The van der Waals surface area contributed by atoms with E-state index in [1.807, 2.05) is 55.4 Å². The maximum atomic E-state index is 14.4. The summed E-state index contributed by atoms with van der Waals surface area (Å²) in [5.41, 5.74) is 5.61. The van der Waals surface area contributed by atoms with Gasteiger partial charge in [0.05, 0.1) is 6.04 Å². The fourth-order valence-corrected chi connectivity index (χ4v) is 7.37. The van der Waals surface area contributed by atoms with Gasteiger partial charge in [-0.25, -0.2) is 4.79 Å². The second kappa shape index (κ2) is 26.9. The maximum Gasteiger partial charge on any atom is 0.326 e. The van der Waals surface area contributed by atoms with Crippen molar-refractivity contribution in [3.8, 4) is 0 Å². The van der Waals surface area contributed by atoms with E-state index in [2.05, 4.69) is 37.2 Å². The summed E-state index contributed by atoms with van der Waals surface area (Å²) in [6.07, 6.45) is 1.59. The lowest BCUT2D eigenvalue weighted by Crippen LogP contribution is -2.61. The van der Waals surface area contributed by atoms with Gasteiger partial charge in [-0.05, 0) is 87.9 Å². The molecule has 1 aliphatic rings. The lowest BCUT2D eigenvalue weighted by Gasteiger charge is -2.32. The molecule has 1 rings (SSSR count). The lowest BCUT2D eigenvalue weighted by atomic mass is 9.98. The van der Waals surface area contributed by atoms with Crippen molar-refractivity contribution in [2.24, 2.45) is 41.2 Å². The molecule has 366 valence electrons. The predicted molar refractivity (Wildman–Crippen MR) is 243 cm³/mol. The molecule has 8 amide bonds. The normalized spacial score (nSPS) is 17.8. The molecule has 10 N–H and O–H groups in total. The van der Waals surface area contributed by atoms with Crippen molar-refractivity contribution >= 4 is 53.2 Å². The molecule has 1 heterocycles. The number of hydrogen-bond acceptors (Lipinski definition) is 10. The fraction of sp³-hybridized carbons (Fsp3) is 0.800. The third-order valence-corrected chi connectivity index (χ3v) is 10.8. The number of aliphatic carboxylic acids is 1. The Hall–Kier alpha value is -4.81. The number of likely N-dealkylation sites (tertiary alicyclic amines) is 1. The number of amides is 8. The monoisotopic (exact) mass is 908 g/mol. The van der Waals surface area contributed by atoms with Gasteiger partial charge in [0.1, 0.15) is 48.3 Å². The Morgan fingerprint density at radius 3 is 1.30 bits per heavy atom. The van der Waals surface area contributed by atoms with Crippen LogP contribution < -0.4 is 43.0 Å². The van der Waals surface area contributed by atoms with Crippen molar-refractivity contribution in [1.82, 2.24) is 42.1 Å². The zero-order valence-corrected chi connectivity index (χ0v) is 40.8. The van der Waals surface area contributed by atoms with Crippen LogP contribution in [0.15, 0.2) is 0 Å². The van der Waals surface area contributed by atoms with E-state index in [0.717, 1.165) is 0 Å². The minimum absolute atomic E-state index is 0.0159. The number of nitrogens with one attached hydrogen (secondary N) is 7. The maximum absolute atomic E-state index is 14.4. The summed E-state index contributed by atoms with van der Waals surface area (Å²) in [5.74, 6) is -7.04. The van der Waals surface area contributed by atoms with E-state index >= 15 is 0 Å². The van der Waals surface area contributed by atoms with E-state index in [0.29, 0.717) is 12.8 Å². The molecule has 9 unspecified atom stereocenters. The number of rotatable bonds is 26. The van der Waals surface area contributed by atoms with Crippen LogP contribution in [0.5, 0.6) is 0 Å². The van der Waals surface area contributed by atoms with Gasteiger partial charge in [0.15, 0.2) is 0 Å². The van der Waals surface area contributed by atoms with Gasteiger partial charge in [0.2, 0.25) is 47.3 Å². The molecular formula is C45H81N9O10. The summed E-state index contributed by atoms with van der Waals surface area (Å²) in [6, 6.07) is -9.40. The summed E-state index contributed by atoms with van der Waals surface area (Å²) >= 11 is 0. The van der Waals surface area contributed by atoms with E-state index in [1.54, 1.807) is 27.7 Å². The Balaban J connectivity index is 3.30. The molecule has 1 saturated heterocycles. The largest absolute Gasteiger partial charge is 0.480 e. The molecule has 1 aliphatic heterocycles. The van der Waals surface area contributed by atoms with Gasteiger partial charge in [-0.1, -0.05) is 83.1 Å². The topological polar surface area (TPSA) is 287 Å². The van der Waals surface area contributed by atoms with Gasteiger partial charge in [0.25, 0.3) is 0 Å². The fourth-order valence-electron chi connectivity index (χ4n) is 7.37. The highest BCUT2D eigenvalue weighted by molar-refractivity contribution is 5.98. The van der Waals surface area contributed by atoms with Gasteiger partial charge in [0, 0.05) is 6.54 Å². The van der Waals surface area contributed by atoms with E-state index in [9.17, 15) is 48.3 Å². The van der Waals surface area contributed by atoms with E-state index in [-0.39, 0.29) is 55.9 Å². The second-order valence-electron chi connectivity index (χ2n) is 19.8. The van der Waals surface area contributed by atoms with Crippen LogP contribution >= 0.6 is 0 Å². The molecule has 0 bridgehead atoms. The first-order valence-corrected chi connectivity index (χ1v) is 23.0. The minimum Gasteiger partial charge on any atom is -0.480 e. The Morgan fingerprint density at radius 2 is 0.891 bits per heavy atom. The van der Waals surface area contributed by atoms with Crippen LogP contribution in [0.2, 0.25) is 0 Å². The average Bonchev–Trinajstić information content (AvgIpc) is 3.66. The number of carboxylic acids is 1. The van der Waals surface area contributed by atoms with Crippen molar-refractivity contribution in [2.45, 2.75) is 190 Å². The van der Waals surface area contributed by atoms with Crippen molar-refractivity contribution in [3.05, 3.63) is 0 Å². The van der Waals surface area contributed by atoms with Gasteiger partial charge in [-0.3, -0.25) is 38.4 Å². The molecule has 1 fully saturated rings. The van der Waals surface area contributed by atoms with Gasteiger partial charge in [-0.15, -0.1) is 0 Å². The Kier molecular flexibility index (Phi) is 24.0. The van der Waals surface area contributed by atoms with Crippen LogP contribution in [-0.4, -0.2) is 124 Å². The molecular weight excluding hydrogens is 827 g/mol. The molecule has 0 saturated carbocycles. The van der Waals surface area contributed by atoms with Crippen LogP contribution in [0.25, 0.3) is 0 Å². The van der Waals surface area contributed by atoms with E-state index < -0.39 is 119 Å². The van der Waals surface area contributed by atoms with Gasteiger partial charge >= 0.3 is 5.97 Å². The number of carbonyl (C=O) groups excluding carboxylic acids is 8. The molecule has 64 heavy (non-hydrogen) atoms. The van der Waals surface area contributed by atoms with Crippen molar-refractivity contribution < 1.29 is 48.3 Å². The first kappa shape index (κ1) is 57.2. The smallest absolute Gasteiger partial charge is 0.326 e. The summed E-state index contributed by atoms with van der Waals surface area (Å²) in [7, 11) is 0. The van der Waals surface area contributed by atoms with Crippen molar-refractivity contribution in [3.63, 3.8) is 0 Å². The zero-order chi connectivity index (χ0) is 49.3. The number of carboxylic acid groups (broad SMARTS) is 1. The number of carbonyl (C=O) groups is 9. The van der Waals surface area contributed by atoms with E-state index in [4.69, 9.17) is 5.73 Å². The molecule has 19 heteroatoms. The molecule has 0 aliphatic carbocycles. The van der Waals surface area contributed by atoms with Crippen LogP contribution in [0.4, 0.5) is 0 Å². The van der Waals surface area contributed by atoms with Crippen LogP contribution in [-0.2, 0) is 43.2 Å². The third kappa shape index (κ3) is 19.1.